The maximum Gasteiger partial charge on any atom is 0.254 e. The SMILES string of the molecule is O=C(Nc1ccc(F)cn1)[C@@H](O)C1CCC1. The summed E-state index contributed by atoms with van der Waals surface area (Å²) in [6.07, 6.45) is 2.85. The number of hydrogen-bond acceptors (Lipinski definition) is 3. The van der Waals surface area contributed by atoms with E-state index in [-0.39, 0.29) is 11.7 Å². The number of aliphatic hydroxyl groups is 1. The predicted octanol–water partition coefficient (Wildman–Crippen LogP) is 1.32. The monoisotopic (exact) mass is 224 g/mol. The van der Waals surface area contributed by atoms with Crippen molar-refractivity contribution in [3.63, 3.8) is 0 Å². The van der Waals surface area contributed by atoms with Crippen molar-refractivity contribution in [3.05, 3.63) is 24.1 Å². The van der Waals surface area contributed by atoms with Crippen molar-refractivity contribution in [2.24, 2.45) is 5.92 Å². The number of halogens is 1. The molecule has 0 unspecified atom stereocenters. The topological polar surface area (TPSA) is 62.2 Å². The quantitative estimate of drug-likeness (QED) is 0.814. The molecule has 0 bridgehead atoms. The number of pyridine rings is 1. The number of rotatable bonds is 3. The predicted molar refractivity (Wildman–Crippen MR) is 56.2 cm³/mol. The van der Waals surface area contributed by atoms with Gasteiger partial charge in [0.15, 0.2) is 0 Å². The molecule has 1 heterocycles. The van der Waals surface area contributed by atoms with Crippen LogP contribution >= 0.6 is 0 Å². The molecule has 5 heteroatoms. The number of nitrogens with one attached hydrogen (secondary N) is 1. The fraction of sp³-hybridized carbons (Fsp3) is 0.455. The first-order chi connectivity index (χ1) is 7.66. The van der Waals surface area contributed by atoms with Gasteiger partial charge in [0, 0.05) is 0 Å². The van der Waals surface area contributed by atoms with Crippen molar-refractivity contribution in [2.75, 3.05) is 5.32 Å². The normalized spacial score (nSPS) is 17.6. The summed E-state index contributed by atoms with van der Waals surface area (Å²) < 4.78 is 12.6. The molecule has 1 amide bonds. The van der Waals surface area contributed by atoms with Crippen molar-refractivity contribution >= 4 is 11.7 Å². The standard InChI is InChI=1S/C11H13FN2O2/c12-8-4-5-9(13-6-8)14-11(16)10(15)7-2-1-3-7/h4-7,10,15H,1-3H2,(H,13,14,16)/t10-/m0/s1. The summed E-state index contributed by atoms with van der Waals surface area (Å²) in [5, 5.41) is 12.1. The molecule has 1 saturated carbocycles. The van der Waals surface area contributed by atoms with Gasteiger partial charge in [0.2, 0.25) is 0 Å². The fourth-order valence-corrected chi connectivity index (χ4v) is 1.62. The van der Waals surface area contributed by atoms with Gasteiger partial charge in [-0.25, -0.2) is 9.37 Å². The van der Waals surface area contributed by atoms with Crippen molar-refractivity contribution in [1.82, 2.24) is 4.98 Å². The van der Waals surface area contributed by atoms with E-state index < -0.39 is 17.8 Å². The van der Waals surface area contributed by atoms with Crippen LogP contribution in [0.2, 0.25) is 0 Å². The summed E-state index contributed by atoms with van der Waals surface area (Å²) in [5.41, 5.74) is 0. The van der Waals surface area contributed by atoms with Gasteiger partial charge in [-0.3, -0.25) is 4.79 Å². The van der Waals surface area contributed by atoms with Gasteiger partial charge in [-0.2, -0.15) is 0 Å². The Morgan fingerprint density at radius 1 is 1.56 bits per heavy atom. The number of hydrogen-bond donors (Lipinski definition) is 2. The van der Waals surface area contributed by atoms with E-state index in [9.17, 15) is 14.3 Å². The Labute approximate surface area is 92.5 Å². The molecule has 0 saturated heterocycles. The fourth-order valence-electron chi connectivity index (χ4n) is 1.62. The maximum atomic E-state index is 12.6. The first-order valence-corrected chi connectivity index (χ1v) is 5.27. The van der Waals surface area contributed by atoms with Crippen LogP contribution in [0, 0.1) is 11.7 Å². The van der Waals surface area contributed by atoms with Gasteiger partial charge in [-0.15, -0.1) is 0 Å². The number of aliphatic hydroxyl groups excluding tert-OH is 1. The molecule has 1 atom stereocenters. The van der Waals surface area contributed by atoms with E-state index in [0.29, 0.717) is 0 Å². The third-order valence-corrected chi connectivity index (χ3v) is 2.84. The largest absolute Gasteiger partial charge is 0.383 e. The summed E-state index contributed by atoms with van der Waals surface area (Å²) in [6.45, 7) is 0. The number of amides is 1. The molecule has 1 aliphatic carbocycles. The lowest BCUT2D eigenvalue weighted by Crippen LogP contribution is -2.37. The Morgan fingerprint density at radius 3 is 2.81 bits per heavy atom. The third kappa shape index (κ3) is 2.36. The number of nitrogens with zero attached hydrogens (tertiary/aromatic N) is 1. The molecule has 0 aliphatic heterocycles. The van der Waals surface area contributed by atoms with Crippen LogP contribution in [0.25, 0.3) is 0 Å². The molecule has 1 aromatic heterocycles. The molecule has 2 rings (SSSR count). The van der Waals surface area contributed by atoms with Crippen molar-refractivity contribution < 1.29 is 14.3 Å². The van der Waals surface area contributed by atoms with Gasteiger partial charge >= 0.3 is 0 Å². The van der Waals surface area contributed by atoms with Crippen molar-refractivity contribution in [3.8, 4) is 0 Å². The molecule has 0 spiro atoms. The minimum atomic E-state index is -0.986. The van der Waals surface area contributed by atoms with E-state index in [4.69, 9.17) is 0 Å². The van der Waals surface area contributed by atoms with Crippen molar-refractivity contribution in [1.29, 1.82) is 0 Å². The first kappa shape index (κ1) is 11.0. The van der Waals surface area contributed by atoms with Crippen LogP contribution in [0.1, 0.15) is 19.3 Å². The molecular formula is C11H13FN2O2. The van der Waals surface area contributed by atoms with E-state index in [0.717, 1.165) is 25.5 Å². The zero-order valence-corrected chi connectivity index (χ0v) is 8.69. The number of carbonyl (C=O) groups excluding carboxylic acids is 1. The summed E-state index contributed by atoms with van der Waals surface area (Å²) in [5.74, 6) is -0.619. The molecule has 4 nitrogen and oxygen atoms in total. The van der Waals surface area contributed by atoms with Gasteiger partial charge in [-0.1, -0.05) is 6.42 Å². The lowest BCUT2D eigenvalue weighted by molar-refractivity contribution is -0.128. The molecule has 1 aromatic rings. The van der Waals surface area contributed by atoms with Gasteiger partial charge < -0.3 is 10.4 Å². The maximum absolute atomic E-state index is 12.6. The Kier molecular flexibility index (Phi) is 3.14. The molecule has 0 radical (unpaired) electrons. The van der Waals surface area contributed by atoms with E-state index in [2.05, 4.69) is 10.3 Å². The second kappa shape index (κ2) is 4.57. The molecule has 0 aromatic carbocycles. The Morgan fingerprint density at radius 2 is 2.31 bits per heavy atom. The zero-order valence-electron chi connectivity index (χ0n) is 8.69. The average molecular weight is 224 g/mol. The summed E-state index contributed by atoms with van der Waals surface area (Å²) in [4.78, 5) is 15.2. The number of aromatic nitrogens is 1. The van der Waals surface area contributed by atoms with E-state index >= 15 is 0 Å². The lowest BCUT2D eigenvalue weighted by atomic mass is 9.81. The molecule has 16 heavy (non-hydrogen) atoms. The molecule has 1 fully saturated rings. The first-order valence-electron chi connectivity index (χ1n) is 5.27. The highest BCUT2D eigenvalue weighted by molar-refractivity contribution is 5.93. The minimum Gasteiger partial charge on any atom is -0.383 e. The van der Waals surface area contributed by atoms with E-state index in [1.807, 2.05) is 0 Å². The number of anilines is 1. The summed E-state index contributed by atoms with van der Waals surface area (Å²) in [7, 11) is 0. The van der Waals surface area contributed by atoms with E-state index in [1.165, 1.54) is 12.1 Å². The van der Waals surface area contributed by atoms with Crippen molar-refractivity contribution in [2.45, 2.75) is 25.4 Å². The second-order valence-corrected chi connectivity index (χ2v) is 3.99. The van der Waals surface area contributed by atoms with Crippen LogP contribution in [0.5, 0.6) is 0 Å². The molecular weight excluding hydrogens is 211 g/mol. The lowest BCUT2D eigenvalue weighted by Gasteiger charge is -2.29. The van der Waals surface area contributed by atoms with Crippen LogP contribution in [-0.4, -0.2) is 22.1 Å². The van der Waals surface area contributed by atoms with Gasteiger partial charge in [0.05, 0.1) is 6.20 Å². The van der Waals surface area contributed by atoms with Crippen LogP contribution in [0.4, 0.5) is 10.2 Å². The van der Waals surface area contributed by atoms with E-state index in [1.54, 1.807) is 0 Å². The summed E-state index contributed by atoms with van der Waals surface area (Å²) in [6, 6.07) is 2.57. The minimum absolute atomic E-state index is 0.0560. The molecule has 1 aliphatic rings. The Hall–Kier alpha value is -1.49. The zero-order chi connectivity index (χ0) is 11.5. The molecule has 86 valence electrons. The van der Waals surface area contributed by atoms with Gasteiger partial charge in [0.1, 0.15) is 17.7 Å². The second-order valence-electron chi connectivity index (χ2n) is 3.99. The van der Waals surface area contributed by atoms with Crippen LogP contribution in [-0.2, 0) is 4.79 Å². The third-order valence-electron chi connectivity index (χ3n) is 2.84. The smallest absolute Gasteiger partial charge is 0.254 e. The highest BCUT2D eigenvalue weighted by Crippen LogP contribution is 2.29. The Bertz CT molecular complexity index is 376. The van der Waals surface area contributed by atoms with Crippen LogP contribution in [0.15, 0.2) is 18.3 Å². The Balaban J connectivity index is 1.93. The summed E-state index contributed by atoms with van der Waals surface area (Å²) >= 11 is 0. The molecule has 2 N–H and O–H groups in total. The highest BCUT2D eigenvalue weighted by atomic mass is 19.1. The van der Waals surface area contributed by atoms with Crippen LogP contribution < -0.4 is 5.32 Å². The highest BCUT2D eigenvalue weighted by Gasteiger charge is 2.30. The van der Waals surface area contributed by atoms with Gasteiger partial charge in [-0.05, 0) is 30.9 Å². The van der Waals surface area contributed by atoms with Crippen LogP contribution in [0.3, 0.4) is 0 Å². The number of carbonyl (C=O) groups is 1. The van der Waals surface area contributed by atoms with Gasteiger partial charge in [0.25, 0.3) is 5.91 Å². The average Bonchev–Trinajstić information content (AvgIpc) is 2.19.